The zero-order valence-corrected chi connectivity index (χ0v) is 19.3. The summed E-state index contributed by atoms with van der Waals surface area (Å²) in [5.74, 6) is 0.887. The molecule has 0 bridgehead atoms. The van der Waals surface area contributed by atoms with Gasteiger partial charge >= 0.3 is 5.97 Å². The van der Waals surface area contributed by atoms with E-state index in [2.05, 4.69) is 36.1 Å². The summed E-state index contributed by atoms with van der Waals surface area (Å²) in [5.41, 5.74) is 3.60. The zero-order valence-electron chi connectivity index (χ0n) is 19.3. The Bertz CT molecular complexity index is 955. The Hall–Kier alpha value is -3.15. The Morgan fingerprint density at radius 3 is 2.18 bits per heavy atom. The summed E-state index contributed by atoms with van der Waals surface area (Å²) >= 11 is 0. The van der Waals surface area contributed by atoms with Crippen molar-refractivity contribution in [3.05, 3.63) is 95.6 Å². The van der Waals surface area contributed by atoms with Crippen LogP contribution < -0.4 is 4.74 Å². The maximum atomic E-state index is 10.8. The first kappa shape index (κ1) is 24.5. The molecule has 3 aromatic carbocycles. The topological polar surface area (TPSA) is 59.0 Å². The minimum Gasteiger partial charge on any atom is -0.481 e. The first-order valence-corrected chi connectivity index (χ1v) is 11.5. The van der Waals surface area contributed by atoms with E-state index in [4.69, 9.17) is 14.6 Å². The average molecular weight is 448 g/mol. The molecule has 0 atom stereocenters. The van der Waals surface area contributed by atoms with Crippen LogP contribution in [0.1, 0.15) is 36.0 Å². The lowest BCUT2D eigenvalue weighted by Crippen LogP contribution is -2.28. The van der Waals surface area contributed by atoms with Crippen LogP contribution in [0.5, 0.6) is 11.5 Å². The van der Waals surface area contributed by atoms with Crippen molar-refractivity contribution in [2.75, 3.05) is 19.7 Å². The predicted molar refractivity (Wildman–Crippen MR) is 131 cm³/mol. The highest BCUT2D eigenvalue weighted by Gasteiger charge is 2.08. The van der Waals surface area contributed by atoms with E-state index in [-0.39, 0.29) is 6.42 Å². The number of hydrogen-bond acceptors (Lipinski definition) is 4. The second-order valence-electron chi connectivity index (χ2n) is 8.22. The number of ether oxygens (including phenoxy) is 2. The van der Waals surface area contributed by atoms with E-state index >= 15 is 0 Å². The molecule has 0 fully saturated rings. The number of nitrogens with zero attached hydrogens (tertiary/aromatic N) is 1. The van der Waals surface area contributed by atoms with Crippen molar-refractivity contribution in [3.63, 3.8) is 0 Å². The average Bonchev–Trinajstić information content (AvgIpc) is 2.82. The number of para-hydroxylation sites is 1. The number of rotatable bonds is 14. The molecule has 0 radical (unpaired) electrons. The van der Waals surface area contributed by atoms with Crippen molar-refractivity contribution >= 4 is 5.97 Å². The lowest BCUT2D eigenvalue weighted by atomic mass is 10.1. The van der Waals surface area contributed by atoms with E-state index in [1.807, 2.05) is 54.6 Å². The van der Waals surface area contributed by atoms with E-state index in [1.54, 1.807) is 0 Å². The Labute approximate surface area is 196 Å². The second kappa shape index (κ2) is 13.4. The number of unbranched alkanes of at least 4 members (excludes halogenated alkanes) is 1. The quantitative estimate of drug-likeness (QED) is 0.304. The van der Waals surface area contributed by atoms with Gasteiger partial charge in [0, 0.05) is 19.5 Å². The third-order valence-electron chi connectivity index (χ3n) is 5.36. The van der Waals surface area contributed by atoms with Gasteiger partial charge in [0.25, 0.3) is 0 Å². The molecule has 0 unspecified atom stereocenters. The second-order valence-corrected chi connectivity index (χ2v) is 8.22. The molecule has 0 heterocycles. The van der Waals surface area contributed by atoms with E-state index < -0.39 is 5.97 Å². The minimum atomic E-state index is -0.733. The van der Waals surface area contributed by atoms with Gasteiger partial charge in [0.1, 0.15) is 11.5 Å². The third kappa shape index (κ3) is 9.48. The molecule has 33 heavy (non-hydrogen) atoms. The fraction of sp³-hybridized carbons (Fsp3) is 0.321. The summed E-state index contributed by atoms with van der Waals surface area (Å²) in [6, 6.07) is 26.2. The summed E-state index contributed by atoms with van der Waals surface area (Å²) in [6.07, 6.45) is 1.78. The molecule has 0 aliphatic heterocycles. The maximum absolute atomic E-state index is 10.8. The molecule has 0 aromatic heterocycles. The number of aryl methyl sites for hydroxylation is 1. The van der Waals surface area contributed by atoms with E-state index in [9.17, 15) is 4.79 Å². The summed E-state index contributed by atoms with van der Waals surface area (Å²) in [5, 5.41) is 8.87. The van der Waals surface area contributed by atoms with Gasteiger partial charge in [0.2, 0.25) is 0 Å². The van der Waals surface area contributed by atoms with Crippen molar-refractivity contribution in [1.82, 2.24) is 4.90 Å². The predicted octanol–water partition coefficient (Wildman–Crippen LogP) is 6.06. The largest absolute Gasteiger partial charge is 0.481 e. The van der Waals surface area contributed by atoms with Crippen molar-refractivity contribution in [3.8, 4) is 11.5 Å². The molecular weight excluding hydrogens is 414 g/mol. The third-order valence-corrected chi connectivity index (χ3v) is 5.36. The molecular formula is C28H33NO4. The molecule has 1 N–H and O–H groups in total. The van der Waals surface area contributed by atoms with Crippen molar-refractivity contribution in [1.29, 1.82) is 0 Å². The van der Waals surface area contributed by atoms with Gasteiger partial charge in [0.05, 0.1) is 13.2 Å². The van der Waals surface area contributed by atoms with Gasteiger partial charge in [-0.15, -0.1) is 0 Å². The van der Waals surface area contributed by atoms with E-state index in [1.165, 1.54) is 11.1 Å². The van der Waals surface area contributed by atoms with Crippen LogP contribution in [0.3, 0.4) is 0 Å². The van der Waals surface area contributed by atoms with Gasteiger partial charge in [-0.3, -0.25) is 9.69 Å². The number of carboxylic acids is 1. The minimum absolute atomic E-state index is 0.221. The number of benzene rings is 3. The van der Waals surface area contributed by atoms with Crippen molar-refractivity contribution in [2.24, 2.45) is 0 Å². The highest BCUT2D eigenvalue weighted by molar-refractivity contribution is 5.66. The molecule has 174 valence electrons. The summed E-state index contributed by atoms with van der Waals surface area (Å²) in [6.45, 7) is 5.74. The van der Waals surface area contributed by atoms with Gasteiger partial charge < -0.3 is 14.6 Å². The van der Waals surface area contributed by atoms with Crippen molar-refractivity contribution in [2.45, 2.75) is 39.3 Å². The van der Waals surface area contributed by atoms with Crippen LogP contribution in [0, 0.1) is 6.92 Å². The standard InChI is InChI=1S/C28H33NO4/c1-23-10-12-24(13-11-23)21-29(18-6-5-9-28(30)31)19-20-32-22-25-14-16-27(17-15-25)33-26-7-3-2-4-8-26/h2-4,7-8,10-17H,5-6,9,18-22H2,1H3,(H,30,31). The summed E-state index contributed by atoms with van der Waals surface area (Å²) in [4.78, 5) is 13.1. The Kier molecular flexibility index (Phi) is 9.95. The molecule has 0 aliphatic carbocycles. The van der Waals surface area contributed by atoms with Gasteiger partial charge in [0.15, 0.2) is 0 Å². The van der Waals surface area contributed by atoms with Crippen molar-refractivity contribution < 1.29 is 19.4 Å². The molecule has 0 amide bonds. The molecule has 0 saturated carbocycles. The summed E-state index contributed by atoms with van der Waals surface area (Å²) < 4.78 is 11.8. The molecule has 0 aliphatic rings. The highest BCUT2D eigenvalue weighted by atomic mass is 16.5. The number of aliphatic carboxylic acids is 1. The maximum Gasteiger partial charge on any atom is 0.303 e. The van der Waals surface area contributed by atoms with Crippen LogP contribution in [0.4, 0.5) is 0 Å². The molecule has 5 heteroatoms. The van der Waals surface area contributed by atoms with Gasteiger partial charge in [-0.25, -0.2) is 0 Å². The number of carbonyl (C=O) groups is 1. The molecule has 0 spiro atoms. The normalized spacial score (nSPS) is 11.0. The SMILES string of the molecule is Cc1ccc(CN(CCCCC(=O)O)CCOCc2ccc(Oc3ccccc3)cc2)cc1. The van der Waals surface area contributed by atoms with Crippen LogP contribution in [0.15, 0.2) is 78.9 Å². The lowest BCUT2D eigenvalue weighted by Gasteiger charge is -2.22. The van der Waals surface area contributed by atoms with E-state index in [0.717, 1.165) is 43.1 Å². The number of hydrogen-bond donors (Lipinski definition) is 1. The fourth-order valence-electron chi connectivity index (χ4n) is 3.50. The smallest absolute Gasteiger partial charge is 0.303 e. The van der Waals surface area contributed by atoms with Crippen LogP contribution in [0.2, 0.25) is 0 Å². The first-order valence-electron chi connectivity index (χ1n) is 11.5. The number of carboxylic acid groups (broad SMARTS) is 1. The highest BCUT2D eigenvalue weighted by Crippen LogP contribution is 2.21. The molecule has 3 rings (SSSR count). The summed E-state index contributed by atoms with van der Waals surface area (Å²) in [7, 11) is 0. The Morgan fingerprint density at radius 2 is 1.48 bits per heavy atom. The molecule has 3 aromatic rings. The van der Waals surface area contributed by atoms with Crippen LogP contribution in [-0.4, -0.2) is 35.7 Å². The molecule has 5 nitrogen and oxygen atoms in total. The zero-order chi connectivity index (χ0) is 23.3. The van der Waals surface area contributed by atoms with Crippen LogP contribution in [0.25, 0.3) is 0 Å². The Balaban J connectivity index is 1.43. The lowest BCUT2D eigenvalue weighted by molar-refractivity contribution is -0.137. The van der Waals surface area contributed by atoms with Gasteiger partial charge in [-0.1, -0.05) is 60.2 Å². The molecule has 0 saturated heterocycles. The van der Waals surface area contributed by atoms with Crippen LogP contribution >= 0.6 is 0 Å². The monoisotopic (exact) mass is 447 g/mol. The Morgan fingerprint density at radius 1 is 0.818 bits per heavy atom. The fourth-order valence-corrected chi connectivity index (χ4v) is 3.50. The van der Waals surface area contributed by atoms with E-state index in [0.29, 0.717) is 19.6 Å². The van der Waals surface area contributed by atoms with Gasteiger partial charge in [-0.2, -0.15) is 0 Å². The van der Waals surface area contributed by atoms with Crippen LogP contribution in [-0.2, 0) is 22.7 Å². The van der Waals surface area contributed by atoms with Gasteiger partial charge in [-0.05, 0) is 61.7 Å². The first-order chi connectivity index (χ1) is 16.1.